The number of methoxy groups -OCH3 is 1. The Morgan fingerprint density at radius 1 is 1.20 bits per heavy atom. The summed E-state index contributed by atoms with van der Waals surface area (Å²) < 4.78 is 10.4. The lowest BCUT2D eigenvalue weighted by atomic mass is 10.3. The van der Waals surface area contributed by atoms with Crippen LogP contribution in [0, 0.1) is 0 Å². The average molecular weight is 280 g/mol. The van der Waals surface area contributed by atoms with Crippen LogP contribution in [0.5, 0.6) is 5.75 Å². The maximum absolute atomic E-state index is 11.6. The fourth-order valence-electron chi connectivity index (χ4n) is 1.62. The first-order valence-electron chi connectivity index (χ1n) is 6.92. The predicted molar refractivity (Wildman–Crippen MR) is 78.9 cm³/mol. The van der Waals surface area contributed by atoms with Gasteiger partial charge in [0.1, 0.15) is 5.75 Å². The zero-order chi connectivity index (χ0) is 14.6. The molecule has 1 aromatic carbocycles. The van der Waals surface area contributed by atoms with E-state index in [1.807, 2.05) is 37.3 Å². The molecule has 0 aliphatic carbocycles. The third-order valence-corrected chi connectivity index (χ3v) is 2.78. The first kappa shape index (κ1) is 16.5. The molecule has 1 amide bonds. The van der Waals surface area contributed by atoms with E-state index in [2.05, 4.69) is 10.6 Å². The lowest BCUT2D eigenvalue weighted by Crippen LogP contribution is -2.43. The summed E-state index contributed by atoms with van der Waals surface area (Å²) in [4.78, 5) is 11.6. The van der Waals surface area contributed by atoms with Crippen LogP contribution in [0.25, 0.3) is 0 Å². The van der Waals surface area contributed by atoms with Gasteiger partial charge >= 0.3 is 0 Å². The third kappa shape index (κ3) is 7.11. The highest BCUT2D eigenvalue weighted by Gasteiger charge is 2.10. The van der Waals surface area contributed by atoms with Crippen molar-refractivity contribution in [3.05, 3.63) is 30.3 Å². The van der Waals surface area contributed by atoms with Crippen molar-refractivity contribution in [2.45, 2.75) is 19.4 Å². The topological polar surface area (TPSA) is 59.6 Å². The zero-order valence-electron chi connectivity index (χ0n) is 12.2. The quantitative estimate of drug-likeness (QED) is 0.632. The normalized spacial score (nSPS) is 11.9. The Morgan fingerprint density at radius 3 is 2.65 bits per heavy atom. The van der Waals surface area contributed by atoms with E-state index < -0.39 is 0 Å². The number of para-hydroxylation sites is 1. The standard InChI is InChI=1S/C15H24N2O3/c1-13(15(18)17-10-12-19-2)16-9-6-11-20-14-7-4-3-5-8-14/h3-5,7-8,13,16H,6,9-12H2,1-2H3,(H,17,18). The lowest BCUT2D eigenvalue weighted by molar-refractivity contribution is -0.122. The molecule has 0 bridgehead atoms. The smallest absolute Gasteiger partial charge is 0.236 e. The fourth-order valence-corrected chi connectivity index (χ4v) is 1.62. The Balaban J connectivity index is 2.04. The molecule has 1 aromatic rings. The Hall–Kier alpha value is -1.59. The number of amides is 1. The number of rotatable bonds is 10. The van der Waals surface area contributed by atoms with Crippen LogP contribution in [0.4, 0.5) is 0 Å². The summed E-state index contributed by atoms with van der Waals surface area (Å²) >= 11 is 0. The average Bonchev–Trinajstić information content (AvgIpc) is 2.48. The SMILES string of the molecule is COCCNC(=O)C(C)NCCCOc1ccccc1. The van der Waals surface area contributed by atoms with Gasteiger partial charge in [0.05, 0.1) is 19.3 Å². The molecule has 0 saturated carbocycles. The second kappa shape index (κ2) is 10.2. The molecule has 0 fully saturated rings. The monoisotopic (exact) mass is 280 g/mol. The highest BCUT2D eigenvalue weighted by molar-refractivity contribution is 5.81. The molecule has 0 saturated heterocycles. The van der Waals surface area contributed by atoms with Crippen molar-refractivity contribution in [2.75, 3.05) is 33.4 Å². The molecule has 1 rings (SSSR count). The largest absolute Gasteiger partial charge is 0.494 e. The van der Waals surface area contributed by atoms with Gasteiger partial charge in [-0.2, -0.15) is 0 Å². The minimum absolute atomic E-state index is 0.00831. The van der Waals surface area contributed by atoms with Gasteiger partial charge in [0, 0.05) is 13.7 Å². The third-order valence-electron chi connectivity index (χ3n) is 2.78. The van der Waals surface area contributed by atoms with Crippen LogP contribution in [-0.2, 0) is 9.53 Å². The van der Waals surface area contributed by atoms with E-state index in [0.29, 0.717) is 19.8 Å². The number of carbonyl (C=O) groups excluding carboxylic acids is 1. The second-order valence-corrected chi connectivity index (χ2v) is 4.47. The van der Waals surface area contributed by atoms with Gasteiger partial charge in [-0.25, -0.2) is 0 Å². The summed E-state index contributed by atoms with van der Waals surface area (Å²) in [7, 11) is 1.61. The van der Waals surface area contributed by atoms with E-state index >= 15 is 0 Å². The van der Waals surface area contributed by atoms with Crippen LogP contribution in [0.15, 0.2) is 30.3 Å². The van der Waals surface area contributed by atoms with Gasteiger partial charge in [-0.1, -0.05) is 18.2 Å². The van der Waals surface area contributed by atoms with Gasteiger partial charge in [-0.3, -0.25) is 4.79 Å². The highest BCUT2D eigenvalue weighted by Crippen LogP contribution is 2.07. The van der Waals surface area contributed by atoms with Gasteiger partial charge in [-0.15, -0.1) is 0 Å². The summed E-state index contributed by atoms with van der Waals surface area (Å²) in [5.74, 6) is 0.865. The molecule has 0 aromatic heterocycles. The molecule has 1 atom stereocenters. The molecule has 112 valence electrons. The summed E-state index contributed by atoms with van der Waals surface area (Å²) in [6, 6.07) is 9.50. The zero-order valence-corrected chi connectivity index (χ0v) is 12.2. The van der Waals surface area contributed by atoms with E-state index in [9.17, 15) is 4.79 Å². The minimum Gasteiger partial charge on any atom is -0.494 e. The van der Waals surface area contributed by atoms with E-state index in [1.165, 1.54) is 0 Å². The molecule has 0 heterocycles. The number of hydrogen-bond donors (Lipinski definition) is 2. The first-order valence-corrected chi connectivity index (χ1v) is 6.92. The van der Waals surface area contributed by atoms with Crippen LogP contribution >= 0.6 is 0 Å². The van der Waals surface area contributed by atoms with Gasteiger partial charge in [0.25, 0.3) is 0 Å². The summed E-state index contributed by atoms with van der Waals surface area (Å²) in [5, 5.41) is 5.96. The second-order valence-electron chi connectivity index (χ2n) is 4.47. The molecule has 0 radical (unpaired) electrons. The molecule has 5 nitrogen and oxygen atoms in total. The molecule has 0 aliphatic heterocycles. The van der Waals surface area contributed by atoms with E-state index in [0.717, 1.165) is 18.7 Å². The van der Waals surface area contributed by atoms with Crippen molar-refractivity contribution in [1.82, 2.24) is 10.6 Å². The van der Waals surface area contributed by atoms with Crippen molar-refractivity contribution in [3.8, 4) is 5.75 Å². The Morgan fingerprint density at radius 2 is 1.95 bits per heavy atom. The van der Waals surface area contributed by atoms with E-state index in [4.69, 9.17) is 9.47 Å². The molecule has 5 heteroatoms. The first-order chi connectivity index (χ1) is 9.74. The van der Waals surface area contributed by atoms with Crippen LogP contribution in [0.1, 0.15) is 13.3 Å². The fraction of sp³-hybridized carbons (Fsp3) is 0.533. The number of ether oxygens (including phenoxy) is 2. The summed E-state index contributed by atoms with van der Waals surface area (Å²) in [5.41, 5.74) is 0. The van der Waals surface area contributed by atoms with Crippen molar-refractivity contribution in [2.24, 2.45) is 0 Å². The van der Waals surface area contributed by atoms with Crippen molar-refractivity contribution < 1.29 is 14.3 Å². The van der Waals surface area contributed by atoms with Crippen LogP contribution < -0.4 is 15.4 Å². The van der Waals surface area contributed by atoms with Crippen molar-refractivity contribution in [1.29, 1.82) is 0 Å². The Kier molecular flexibility index (Phi) is 8.42. The Labute approximate surface area is 120 Å². The molecule has 0 spiro atoms. The summed E-state index contributed by atoms with van der Waals surface area (Å²) in [6.07, 6.45) is 0.852. The van der Waals surface area contributed by atoms with Gasteiger partial charge in [0.2, 0.25) is 5.91 Å². The summed E-state index contributed by atoms with van der Waals surface area (Å²) in [6.45, 7) is 4.29. The maximum atomic E-state index is 11.6. The molecular weight excluding hydrogens is 256 g/mol. The maximum Gasteiger partial charge on any atom is 0.236 e. The highest BCUT2D eigenvalue weighted by atomic mass is 16.5. The van der Waals surface area contributed by atoms with E-state index in [-0.39, 0.29) is 11.9 Å². The molecule has 0 aliphatic rings. The van der Waals surface area contributed by atoms with Crippen LogP contribution in [-0.4, -0.2) is 45.4 Å². The van der Waals surface area contributed by atoms with Crippen LogP contribution in [0.3, 0.4) is 0 Å². The molecule has 20 heavy (non-hydrogen) atoms. The lowest BCUT2D eigenvalue weighted by Gasteiger charge is -2.14. The number of hydrogen-bond acceptors (Lipinski definition) is 4. The van der Waals surface area contributed by atoms with Crippen LogP contribution in [0.2, 0.25) is 0 Å². The molecule has 1 unspecified atom stereocenters. The number of benzene rings is 1. The minimum atomic E-state index is -0.205. The predicted octanol–water partition coefficient (Wildman–Crippen LogP) is 1.20. The molecule has 2 N–H and O–H groups in total. The van der Waals surface area contributed by atoms with Gasteiger partial charge in [0.15, 0.2) is 0 Å². The Bertz CT molecular complexity index is 371. The molecular formula is C15H24N2O3. The number of carbonyl (C=O) groups is 1. The van der Waals surface area contributed by atoms with E-state index in [1.54, 1.807) is 7.11 Å². The van der Waals surface area contributed by atoms with Crippen molar-refractivity contribution >= 4 is 5.91 Å². The van der Waals surface area contributed by atoms with Crippen molar-refractivity contribution in [3.63, 3.8) is 0 Å². The van der Waals surface area contributed by atoms with Gasteiger partial charge in [-0.05, 0) is 32.0 Å². The number of nitrogens with one attached hydrogen (secondary N) is 2. The van der Waals surface area contributed by atoms with Gasteiger partial charge < -0.3 is 20.1 Å².